The molecule has 1 N–H and O–H groups in total. The molecule has 1 aromatic carbocycles. The van der Waals surface area contributed by atoms with Crippen molar-refractivity contribution in [3.05, 3.63) is 41.0 Å². The Bertz CT molecular complexity index is 707. The molecule has 1 unspecified atom stereocenters. The quantitative estimate of drug-likeness (QED) is 0.942. The number of ether oxygens (including phenoxy) is 1. The zero-order valence-corrected chi connectivity index (χ0v) is 13.9. The van der Waals surface area contributed by atoms with Gasteiger partial charge in [-0.05, 0) is 23.6 Å². The zero-order valence-electron chi connectivity index (χ0n) is 13.9. The molecule has 2 aliphatic rings. The number of nitrogens with zero attached hydrogens (tertiary/aromatic N) is 3. The highest BCUT2D eigenvalue weighted by molar-refractivity contribution is 5.39. The summed E-state index contributed by atoms with van der Waals surface area (Å²) >= 11 is 0. The maximum atomic E-state index is 5.58. The van der Waals surface area contributed by atoms with E-state index in [-0.39, 0.29) is 0 Å². The van der Waals surface area contributed by atoms with Crippen LogP contribution in [0.2, 0.25) is 0 Å². The molecule has 0 saturated carbocycles. The molecule has 5 heteroatoms. The van der Waals surface area contributed by atoms with Gasteiger partial charge in [-0.15, -0.1) is 10.2 Å². The van der Waals surface area contributed by atoms with Crippen LogP contribution in [-0.4, -0.2) is 27.4 Å². The first-order valence-corrected chi connectivity index (χ1v) is 8.60. The molecule has 4 rings (SSSR count). The molecule has 1 atom stereocenters. The topological polar surface area (TPSA) is 52.0 Å². The molecule has 122 valence electrons. The summed E-state index contributed by atoms with van der Waals surface area (Å²) in [5.41, 5.74) is 2.68. The maximum absolute atomic E-state index is 5.58. The summed E-state index contributed by atoms with van der Waals surface area (Å²) in [7, 11) is 0. The Morgan fingerprint density at radius 1 is 1.30 bits per heavy atom. The number of nitrogens with one attached hydrogen (secondary N) is 1. The lowest BCUT2D eigenvalue weighted by Gasteiger charge is -2.26. The molecular weight excluding hydrogens is 288 g/mol. The van der Waals surface area contributed by atoms with Gasteiger partial charge in [0.25, 0.3) is 0 Å². The fourth-order valence-electron chi connectivity index (χ4n) is 3.55. The van der Waals surface area contributed by atoms with Crippen molar-refractivity contribution in [2.24, 2.45) is 0 Å². The molecule has 23 heavy (non-hydrogen) atoms. The van der Waals surface area contributed by atoms with Gasteiger partial charge in [0, 0.05) is 37.9 Å². The van der Waals surface area contributed by atoms with E-state index in [4.69, 9.17) is 4.74 Å². The minimum absolute atomic E-state index is 0.423. The van der Waals surface area contributed by atoms with Crippen LogP contribution in [0.4, 0.5) is 0 Å². The third-order valence-electron chi connectivity index (χ3n) is 4.84. The molecule has 0 spiro atoms. The second kappa shape index (κ2) is 5.96. The number of hydrogen-bond acceptors (Lipinski definition) is 4. The summed E-state index contributed by atoms with van der Waals surface area (Å²) < 4.78 is 7.88. The summed E-state index contributed by atoms with van der Waals surface area (Å²) in [6.07, 6.45) is 3.17. The molecule has 0 saturated heterocycles. The first-order chi connectivity index (χ1) is 11.2. The van der Waals surface area contributed by atoms with Gasteiger partial charge >= 0.3 is 0 Å². The molecule has 1 aromatic heterocycles. The van der Waals surface area contributed by atoms with E-state index in [1.54, 1.807) is 0 Å². The van der Waals surface area contributed by atoms with Crippen molar-refractivity contribution in [3.63, 3.8) is 0 Å². The standard InChI is InChI=1S/C18H24N4O/c1-12(2)18-21-20-17-6-4-15(11-22(17)18)19-10-13-3-5-16-14(9-13)7-8-23-16/h3,5,9,12,15,19H,4,6-8,10-11H2,1-2H3. The van der Waals surface area contributed by atoms with Crippen LogP contribution in [0.1, 0.15) is 49.0 Å². The fraction of sp³-hybridized carbons (Fsp3) is 0.556. The lowest BCUT2D eigenvalue weighted by Crippen LogP contribution is -2.37. The van der Waals surface area contributed by atoms with Crippen LogP contribution in [0.25, 0.3) is 0 Å². The first kappa shape index (κ1) is 14.7. The number of rotatable bonds is 4. The first-order valence-electron chi connectivity index (χ1n) is 8.60. The molecule has 0 bridgehead atoms. The molecule has 0 amide bonds. The number of aryl methyl sites for hydroxylation is 1. The number of benzene rings is 1. The van der Waals surface area contributed by atoms with Crippen molar-refractivity contribution >= 4 is 0 Å². The molecule has 2 aliphatic heterocycles. The second-order valence-corrected chi connectivity index (χ2v) is 6.90. The van der Waals surface area contributed by atoms with Gasteiger partial charge in [0.2, 0.25) is 0 Å². The van der Waals surface area contributed by atoms with Crippen LogP contribution in [0.15, 0.2) is 18.2 Å². The third kappa shape index (κ3) is 2.85. The van der Waals surface area contributed by atoms with Crippen LogP contribution in [0, 0.1) is 0 Å². The van der Waals surface area contributed by atoms with E-state index in [9.17, 15) is 0 Å². The minimum Gasteiger partial charge on any atom is -0.493 e. The van der Waals surface area contributed by atoms with E-state index < -0.39 is 0 Å². The summed E-state index contributed by atoms with van der Waals surface area (Å²) in [5, 5.41) is 12.4. The van der Waals surface area contributed by atoms with Crippen LogP contribution in [0.3, 0.4) is 0 Å². The largest absolute Gasteiger partial charge is 0.493 e. The van der Waals surface area contributed by atoms with E-state index in [2.05, 4.69) is 52.1 Å². The molecule has 5 nitrogen and oxygen atoms in total. The lowest BCUT2D eigenvalue weighted by molar-refractivity contribution is 0.356. The maximum Gasteiger partial charge on any atom is 0.135 e. The number of hydrogen-bond donors (Lipinski definition) is 1. The smallest absolute Gasteiger partial charge is 0.135 e. The summed E-state index contributed by atoms with van der Waals surface area (Å²) in [6, 6.07) is 7.04. The summed E-state index contributed by atoms with van der Waals surface area (Å²) in [6.45, 7) is 7.07. The van der Waals surface area contributed by atoms with Crippen molar-refractivity contribution in [2.75, 3.05) is 6.61 Å². The Morgan fingerprint density at radius 2 is 2.22 bits per heavy atom. The van der Waals surface area contributed by atoms with Gasteiger partial charge in [0.15, 0.2) is 0 Å². The molecule has 3 heterocycles. The van der Waals surface area contributed by atoms with Gasteiger partial charge in [-0.2, -0.15) is 0 Å². The predicted molar refractivity (Wildman–Crippen MR) is 88.7 cm³/mol. The van der Waals surface area contributed by atoms with Gasteiger partial charge in [-0.3, -0.25) is 0 Å². The predicted octanol–water partition coefficient (Wildman–Crippen LogP) is 2.44. The Kier molecular flexibility index (Phi) is 3.81. The molecular formula is C18H24N4O. The van der Waals surface area contributed by atoms with Crippen LogP contribution in [0.5, 0.6) is 5.75 Å². The Labute approximate surface area is 137 Å². The van der Waals surface area contributed by atoms with Crippen molar-refractivity contribution in [2.45, 2.75) is 58.2 Å². The van der Waals surface area contributed by atoms with Gasteiger partial charge < -0.3 is 14.6 Å². The molecule has 0 fully saturated rings. The van der Waals surface area contributed by atoms with Crippen molar-refractivity contribution < 1.29 is 4.74 Å². The average molecular weight is 312 g/mol. The number of aromatic nitrogens is 3. The molecule has 2 aromatic rings. The van der Waals surface area contributed by atoms with Crippen LogP contribution >= 0.6 is 0 Å². The van der Waals surface area contributed by atoms with E-state index in [0.29, 0.717) is 12.0 Å². The van der Waals surface area contributed by atoms with Gasteiger partial charge in [-0.25, -0.2) is 0 Å². The highest BCUT2D eigenvalue weighted by atomic mass is 16.5. The highest BCUT2D eigenvalue weighted by Crippen LogP contribution is 2.26. The van der Waals surface area contributed by atoms with E-state index >= 15 is 0 Å². The third-order valence-corrected chi connectivity index (χ3v) is 4.84. The number of fused-ring (bicyclic) bond motifs is 2. The van der Waals surface area contributed by atoms with Crippen molar-refractivity contribution in [1.29, 1.82) is 0 Å². The van der Waals surface area contributed by atoms with Crippen LogP contribution < -0.4 is 10.1 Å². The lowest BCUT2D eigenvalue weighted by atomic mass is 10.0. The van der Waals surface area contributed by atoms with Crippen molar-refractivity contribution in [3.8, 4) is 5.75 Å². The molecule has 0 radical (unpaired) electrons. The van der Waals surface area contributed by atoms with Crippen LogP contribution in [-0.2, 0) is 25.9 Å². The SMILES string of the molecule is CC(C)c1nnc2n1CC(NCc1ccc3c(c1)CCO3)CC2. The van der Waals surface area contributed by atoms with Crippen molar-refractivity contribution in [1.82, 2.24) is 20.1 Å². The van der Waals surface area contributed by atoms with E-state index in [0.717, 1.165) is 56.4 Å². The van der Waals surface area contributed by atoms with Gasteiger partial charge in [0.1, 0.15) is 17.4 Å². The van der Waals surface area contributed by atoms with Gasteiger partial charge in [0.05, 0.1) is 6.61 Å². The Balaban J connectivity index is 1.41. The minimum atomic E-state index is 0.423. The Morgan fingerprint density at radius 3 is 3.09 bits per heavy atom. The normalized spacial score (nSPS) is 19.5. The van der Waals surface area contributed by atoms with E-state index in [1.165, 1.54) is 11.1 Å². The average Bonchev–Trinajstić information content (AvgIpc) is 3.18. The highest BCUT2D eigenvalue weighted by Gasteiger charge is 2.23. The summed E-state index contributed by atoms with van der Waals surface area (Å²) in [5.74, 6) is 3.73. The monoisotopic (exact) mass is 312 g/mol. The van der Waals surface area contributed by atoms with Gasteiger partial charge in [-0.1, -0.05) is 26.0 Å². The zero-order chi connectivity index (χ0) is 15.8. The van der Waals surface area contributed by atoms with E-state index in [1.807, 2.05) is 0 Å². The Hall–Kier alpha value is -1.88. The second-order valence-electron chi connectivity index (χ2n) is 6.90. The molecule has 0 aliphatic carbocycles. The fourth-order valence-corrected chi connectivity index (χ4v) is 3.55. The summed E-state index contributed by atoms with van der Waals surface area (Å²) in [4.78, 5) is 0.